The van der Waals surface area contributed by atoms with E-state index in [0.717, 1.165) is 32.4 Å². The molecule has 2 fully saturated rings. The van der Waals surface area contributed by atoms with Gasteiger partial charge in [-0.05, 0) is 45.7 Å². The van der Waals surface area contributed by atoms with Crippen LogP contribution in [0.5, 0.6) is 0 Å². The summed E-state index contributed by atoms with van der Waals surface area (Å²) in [6, 6.07) is -0.509. The summed E-state index contributed by atoms with van der Waals surface area (Å²) < 4.78 is 0. The average molecular weight is 283 g/mol. The van der Waals surface area contributed by atoms with Crippen molar-refractivity contribution in [2.24, 2.45) is 11.3 Å². The van der Waals surface area contributed by atoms with Gasteiger partial charge in [0.25, 0.3) is 0 Å². The minimum absolute atomic E-state index is 0.237. The standard InChI is InChI=1S/C14H25N3O3/c1-14(12(18)19)6-3-4-11(14)16-13(20)15-8-10-5-7-17(2)9-10/h10-11H,3-9H2,1-2H3,(H,18,19)(H2,15,16,20). The molecule has 0 aromatic rings. The molecule has 3 atom stereocenters. The Morgan fingerprint density at radius 3 is 2.75 bits per heavy atom. The zero-order chi connectivity index (χ0) is 14.8. The van der Waals surface area contributed by atoms with Crippen LogP contribution in [0.1, 0.15) is 32.6 Å². The van der Waals surface area contributed by atoms with Crippen LogP contribution < -0.4 is 10.6 Å². The number of nitrogens with one attached hydrogen (secondary N) is 2. The topological polar surface area (TPSA) is 81.7 Å². The molecule has 3 unspecified atom stereocenters. The first-order valence-corrected chi connectivity index (χ1v) is 7.38. The summed E-state index contributed by atoms with van der Waals surface area (Å²) in [6.07, 6.45) is 3.32. The lowest BCUT2D eigenvalue weighted by Gasteiger charge is -2.27. The third kappa shape index (κ3) is 3.23. The Labute approximate surface area is 119 Å². The van der Waals surface area contributed by atoms with Gasteiger partial charge in [0.1, 0.15) is 0 Å². The van der Waals surface area contributed by atoms with Crippen molar-refractivity contribution in [2.45, 2.75) is 38.6 Å². The van der Waals surface area contributed by atoms with E-state index in [4.69, 9.17) is 0 Å². The summed E-state index contributed by atoms with van der Waals surface area (Å²) in [5, 5.41) is 15.0. The molecule has 114 valence electrons. The van der Waals surface area contributed by atoms with Crippen molar-refractivity contribution in [3.8, 4) is 0 Å². The van der Waals surface area contributed by atoms with Crippen molar-refractivity contribution in [1.29, 1.82) is 0 Å². The quantitative estimate of drug-likeness (QED) is 0.715. The van der Waals surface area contributed by atoms with Crippen LogP contribution in [0.2, 0.25) is 0 Å². The molecule has 2 amide bonds. The summed E-state index contributed by atoms with van der Waals surface area (Å²) in [6.45, 7) is 4.47. The van der Waals surface area contributed by atoms with Gasteiger partial charge in [-0.1, -0.05) is 6.42 Å². The van der Waals surface area contributed by atoms with Gasteiger partial charge in [-0.3, -0.25) is 4.79 Å². The summed E-state index contributed by atoms with van der Waals surface area (Å²) in [5.41, 5.74) is -0.828. The molecule has 2 aliphatic rings. The number of nitrogens with zero attached hydrogens (tertiary/aromatic N) is 1. The predicted octanol–water partition coefficient (Wildman–Crippen LogP) is 0.881. The van der Waals surface area contributed by atoms with E-state index < -0.39 is 11.4 Å². The van der Waals surface area contributed by atoms with Crippen LogP contribution in [0.25, 0.3) is 0 Å². The summed E-state index contributed by atoms with van der Waals surface area (Å²) in [7, 11) is 2.08. The second-order valence-corrected chi connectivity index (χ2v) is 6.44. The van der Waals surface area contributed by atoms with Gasteiger partial charge in [-0.15, -0.1) is 0 Å². The highest BCUT2D eigenvalue weighted by molar-refractivity contribution is 5.79. The molecular weight excluding hydrogens is 258 g/mol. The van der Waals surface area contributed by atoms with Crippen LogP contribution in [0.4, 0.5) is 4.79 Å². The van der Waals surface area contributed by atoms with Crippen molar-refractivity contribution in [3.63, 3.8) is 0 Å². The number of rotatable bonds is 4. The minimum atomic E-state index is -0.828. The number of urea groups is 1. The number of amides is 2. The smallest absolute Gasteiger partial charge is 0.315 e. The first-order valence-electron chi connectivity index (χ1n) is 7.38. The van der Waals surface area contributed by atoms with E-state index in [1.54, 1.807) is 6.92 Å². The fraction of sp³-hybridized carbons (Fsp3) is 0.857. The van der Waals surface area contributed by atoms with E-state index >= 15 is 0 Å². The predicted molar refractivity (Wildman–Crippen MR) is 75.5 cm³/mol. The van der Waals surface area contributed by atoms with E-state index in [1.807, 2.05) is 0 Å². The number of hydrogen-bond donors (Lipinski definition) is 3. The van der Waals surface area contributed by atoms with Crippen molar-refractivity contribution in [3.05, 3.63) is 0 Å². The molecule has 1 aliphatic carbocycles. The average Bonchev–Trinajstić information content (AvgIpc) is 2.95. The normalized spacial score (nSPS) is 34.1. The van der Waals surface area contributed by atoms with E-state index in [0.29, 0.717) is 18.9 Å². The van der Waals surface area contributed by atoms with E-state index in [-0.39, 0.29) is 12.1 Å². The molecule has 1 saturated carbocycles. The van der Waals surface area contributed by atoms with E-state index in [1.165, 1.54) is 0 Å². The number of hydrogen-bond acceptors (Lipinski definition) is 3. The lowest BCUT2D eigenvalue weighted by atomic mass is 9.85. The molecule has 1 aliphatic heterocycles. The molecule has 0 aromatic carbocycles. The Morgan fingerprint density at radius 2 is 2.15 bits per heavy atom. The van der Waals surface area contributed by atoms with Gasteiger partial charge >= 0.3 is 12.0 Å². The van der Waals surface area contributed by atoms with Gasteiger partial charge in [0.15, 0.2) is 0 Å². The molecular formula is C14H25N3O3. The van der Waals surface area contributed by atoms with Gasteiger partial charge < -0.3 is 20.6 Å². The Hall–Kier alpha value is -1.30. The van der Waals surface area contributed by atoms with E-state index in [2.05, 4.69) is 22.6 Å². The number of carboxylic acid groups (broad SMARTS) is 1. The Morgan fingerprint density at radius 1 is 1.40 bits per heavy atom. The minimum Gasteiger partial charge on any atom is -0.481 e. The van der Waals surface area contributed by atoms with Crippen LogP contribution in [-0.2, 0) is 4.79 Å². The fourth-order valence-electron chi connectivity index (χ4n) is 3.29. The molecule has 1 saturated heterocycles. The Bertz CT molecular complexity index is 388. The first-order chi connectivity index (χ1) is 9.41. The number of carboxylic acids is 1. The molecule has 20 heavy (non-hydrogen) atoms. The molecule has 0 bridgehead atoms. The molecule has 1 heterocycles. The zero-order valence-corrected chi connectivity index (χ0v) is 12.3. The van der Waals surface area contributed by atoms with Crippen molar-refractivity contribution in [1.82, 2.24) is 15.5 Å². The van der Waals surface area contributed by atoms with Crippen LogP contribution in [-0.4, -0.2) is 54.7 Å². The number of carbonyl (C=O) groups is 2. The zero-order valence-electron chi connectivity index (χ0n) is 12.3. The van der Waals surface area contributed by atoms with Gasteiger partial charge in [-0.2, -0.15) is 0 Å². The summed E-state index contributed by atoms with van der Waals surface area (Å²) in [4.78, 5) is 25.5. The summed E-state index contributed by atoms with van der Waals surface area (Å²) in [5.74, 6) is -0.321. The second kappa shape index (κ2) is 5.99. The fourth-order valence-corrected chi connectivity index (χ4v) is 3.29. The molecule has 0 spiro atoms. The molecule has 2 rings (SSSR count). The van der Waals surface area contributed by atoms with Gasteiger partial charge in [0.2, 0.25) is 0 Å². The van der Waals surface area contributed by atoms with Crippen molar-refractivity contribution < 1.29 is 14.7 Å². The lowest BCUT2D eigenvalue weighted by Crippen LogP contribution is -2.50. The number of aliphatic carboxylic acids is 1. The number of carbonyl (C=O) groups excluding carboxylic acids is 1. The molecule has 6 nitrogen and oxygen atoms in total. The maximum absolute atomic E-state index is 11.9. The largest absolute Gasteiger partial charge is 0.481 e. The number of likely N-dealkylation sites (tertiary alicyclic amines) is 1. The highest BCUT2D eigenvalue weighted by Gasteiger charge is 2.45. The first kappa shape index (κ1) is 15.1. The van der Waals surface area contributed by atoms with Crippen LogP contribution in [0.15, 0.2) is 0 Å². The van der Waals surface area contributed by atoms with Crippen LogP contribution >= 0.6 is 0 Å². The third-order valence-electron chi connectivity index (χ3n) is 4.79. The molecule has 0 radical (unpaired) electrons. The Kier molecular flexibility index (Phi) is 4.52. The molecule has 3 N–H and O–H groups in total. The highest BCUT2D eigenvalue weighted by Crippen LogP contribution is 2.38. The third-order valence-corrected chi connectivity index (χ3v) is 4.79. The lowest BCUT2D eigenvalue weighted by molar-refractivity contribution is -0.148. The summed E-state index contributed by atoms with van der Waals surface area (Å²) >= 11 is 0. The Balaban J connectivity index is 1.78. The monoisotopic (exact) mass is 283 g/mol. The van der Waals surface area contributed by atoms with Crippen molar-refractivity contribution in [2.75, 3.05) is 26.7 Å². The maximum Gasteiger partial charge on any atom is 0.315 e. The van der Waals surface area contributed by atoms with Crippen molar-refractivity contribution >= 4 is 12.0 Å². The molecule has 6 heteroatoms. The van der Waals surface area contributed by atoms with Gasteiger partial charge in [0, 0.05) is 19.1 Å². The van der Waals surface area contributed by atoms with Gasteiger partial charge in [0.05, 0.1) is 5.41 Å². The molecule has 0 aromatic heterocycles. The SMILES string of the molecule is CN1CCC(CNC(=O)NC2CCCC2(C)C(=O)O)C1. The highest BCUT2D eigenvalue weighted by atomic mass is 16.4. The maximum atomic E-state index is 11.9. The second-order valence-electron chi connectivity index (χ2n) is 6.44. The van der Waals surface area contributed by atoms with Crippen LogP contribution in [0, 0.1) is 11.3 Å². The van der Waals surface area contributed by atoms with Crippen LogP contribution in [0.3, 0.4) is 0 Å². The van der Waals surface area contributed by atoms with E-state index in [9.17, 15) is 14.7 Å². The van der Waals surface area contributed by atoms with Gasteiger partial charge in [-0.25, -0.2) is 4.79 Å².